The van der Waals surface area contributed by atoms with E-state index in [1.807, 2.05) is 0 Å². The molecule has 25 heavy (non-hydrogen) atoms. The Hall–Kier alpha value is -1.48. The first-order valence-corrected chi connectivity index (χ1v) is 9.24. The molecule has 8 nitrogen and oxygen atoms in total. The minimum absolute atomic E-state index is 0.0659. The molecule has 0 radical (unpaired) electrons. The van der Waals surface area contributed by atoms with Crippen LogP contribution in [0.25, 0.3) is 11.2 Å². The highest BCUT2D eigenvalue weighted by molar-refractivity contribution is 6.28. The van der Waals surface area contributed by atoms with Gasteiger partial charge in [0.1, 0.15) is 12.1 Å². The second-order valence-electron chi connectivity index (χ2n) is 6.35. The standard InChI is InChI=1S/C16H23ClN6O2/c17-16-20-14(22-6-9-24-10-7-22)13-15(21-16)23(11(19-13)4-5-18)12-3-1-2-8-25-12/h12H,1-10,18H2. The molecule has 4 heterocycles. The summed E-state index contributed by atoms with van der Waals surface area (Å²) >= 11 is 6.25. The number of hydrogen-bond donors (Lipinski definition) is 1. The zero-order chi connectivity index (χ0) is 17.2. The van der Waals surface area contributed by atoms with E-state index in [1.165, 1.54) is 0 Å². The van der Waals surface area contributed by atoms with Crippen molar-refractivity contribution in [1.82, 2.24) is 19.5 Å². The average molecular weight is 367 g/mol. The molecule has 1 unspecified atom stereocenters. The third-order valence-corrected chi connectivity index (χ3v) is 4.86. The summed E-state index contributed by atoms with van der Waals surface area (Å²) in [5.74, 6) is 1.65. The van der Waals surface area contributed by atoms with Crippen LogP contribution in [0.15, 0.2) is 0 Å². The van der Waals surface area contributed by atoms with Gasteiger partial charge in [-0.25, -0.2) is 4.98 Å². The van der Waals surface area contributed by atoms with Crippen molar-refractivity contribution < 1.29 is 9.47 Å². The first-order valence-electron chi connectivity index (χ1n) is 8.86. The van der Waals surface area contributed by atoms with Gasteiger partial charge < -0.3 is 20.1 Å². The van der Waals surface area contributed by atoms with E-state index < -0.39 is 0 Å². The fraction of sp³-hybridized carbons (Fsp3) is 0.688. The fourth-order valence-corrected chi connectivity index (χ4v) is 3.67. The maximum absolute atomic E-state index is 6.25. The Morgan fingerprint density at radius 2 is 1.96 bits per heavy atom. The number of nitrogens with zero attached hydrogens (tertiary/aromatic N) is 5. The summed E-state index contributed by atoms with van der Waals surface area (Å²) in [5.41, 5.74) is 7.31. The molecule has 4 rings (SSSR count). The highest BCUT2D eigenvalue weighted by Gasteiger charge is 2.27. The first kappa shape index (κ1) is 17.0. The molecular weight excluding hydrogens is 344 g/mol. The summed E-state index contributed by atoms with van der Waals surface area (Å²) < 4.78 is 13.5. The van der Waals surface area contributed by atoms with Gasteiger partial charge in [0, 0.05) is 26.1 Å². The molecule has 2 fully saturated rings. The third kappa shape index (κ3) is 3.31. The average Bonchev–Trinajstić information content (AvgIpc) is 3.00. The zero-order valence-electron chi connectivity index (χ0n) is 14.2. The van der Waals surface area contributed by atoms with Crippen LogP contribution in [-0.4, -0.2) is 59.0 Å². The van der Waals surface area contributed by atoms with Crippen molar-refractivity contribution in [2.24, 2.45) is 5.73 Å². The van der Waals surface area contributed by atoms with Gasteiger partial charge in [-0.05, 0) is 37.4 Å². The van der Waals surface area contributed by atoms with Crippen LogP contribution < -0.4 is 10.6 Å². The lowest BCUT2D eigenvalue weighted by atomic mass is 10.2. The van der Waals surface area contributed by atoms with Crippen molar-refractivity contribution in [3.63, 3.8) is 0 Å². The van der Waals surface area contributed by atoms with Gasteiger partial charge in [-0.3, -0.25) is 4.57 Å². The van der Waals surface area contributed by atoms with E-state index in [9.17, 15) is 0 Å². The SMILES string of the molecule is NCCc1nc2c(N3CCOCC3)nc(Cl)nc2n1C1CCCCO1. The van der Waals surface area contributed by atoms with E-state index in [2.05, 4.69) is 19.4 Å². The van der Waals surface area contributed by atoms with E-state index in [0.29, 0.717) is 26.2 Å². The number of morpholine rings is 1. The molecule has 2 aromatic rings. The summed E-state index contributed by atoms with van der Waals surface area (Å²) in [4.78, 5) is 15.9. The number of ether oxygens (including phenoxy) is 2. The van der Waals surface area contributed by atoms with Crippen molar-refractivity contribution in [3.8, 4) is 0 Å². The maximum Gasteiger partial charge on any atom is 0.226 e. The predicted molar refractivity (Wildman–Crippen MR) is 95.0 cm³/mol. The molecule has 0 saturated carbocycles. The molecular formula is C16H23ClN6O2. The van der Waals surface area contributed by atoms with Crippen molar-refractivity contribution in [1.29, 1.82) is 0 Å². The Balaban J connectivity index is 1.84. The number of aromatic nitrogens is 4. The van der Waals surface area contributed by atoms with E-state index in [1.54, 1.807) is 0 Å². The van der Waals surface area contributed by atoms with Crippen LogP contribution in [0.2, 0.25) is 5.28 Å². The lowest BCUT2D eigenvalue weighted by Crippen LogP contribution is -2.37. The summed E-state index contributed by atoms with van der Waals surface area (Å²) in [5, 5.41) is 0.227. The Morgan fingerprint density at radius 1 is 1.12 bits per heavy atom. The van der Waals surface area contributed by atoms with Gasteiger partial charge >= 0.3 is 0 Å². The predicted octanol–water partition coefficient (Wildman–Crippen LogP) is 1.52. The van der Waals surface area contributed by atoms with Crippen molar-refractivity contribution in [2.75, 3.05) is 44.4 Å². The van der Waals surface area contributed by atoms with E-state index in [0.717, 1.165) is 61.8 Å². The van der Waals surface area contributed by atoms with Gasteiger partial charge in [0.25, 0.3) is 0 Å². The minimum Gasteiger partial charge on any atom is -0.378 e. The van der Waals surface area contributed by atoms with Crippen molar-refractivity contribution in [3.05, 3.63) is 11.1 Å². The Kier molecular flexibility index (Phi) is 5.03. The number of hydrogen-bond acceptors (Lipinski definition) is 7. The molecule has 136 valence electrons. The lowest BCUT2D eigenvalue weighted by Gasteiger charge is -2.28. The van der Waals surface area contributed by atoms with Crippen LogP contribution in [0.1, 0.15) is 31.3 Å². The summed E-state index contributed by atoms with van der Waals surface area (Å²) in [7, 11) is 0. The monoisotopic (exact) mass is 366 g/mol. The van der Waals surface area contributed by atoms with Crippen LogP contribution in [0.5, 0.6) is 0 Å². The number of imidazole rings is 1. The molecule has 0 aromatic carbocycles. The fourth-order valence-electron chi connectivity index (χ4n) is 3.51. The molecule has 2 aliphatic rings. The highest BCUT2D eigenvalue weighted by atomic mass is 35.5. The largest absolute Gasteiger partial charge is 0.378 e. The smallest absolute Gasteiger partial charge is 0.226 e. The Bertz CT molecular complexity index is 740. The molecule has 2 aromatic heterocycles. The molecule has 2 saturated heterocycles. The molecule has 0 spiro atoms. The number of fused-ring (bicyclic) bond motifs is 1. The molecule has 0 amide bonds. The molecule has 1 atom stereocenters. The second-order valence-corrected chi connectivity index (χ2v) is 6.68. The molecule has 2 N–H and O–H groups in total. The van der Waals surface area contributed by atoms with Crippen LogP contribution >= 0.6 is 11.6 Å². The van der Waals surface area contributed by atoms with E-state index in [4.69, 9.17) is 31.8 Å². The number of halogens is 1. The van der Waals surface area contributed by atoms with Gasteiger partial charge in [0.2, 0.25) is 5.28 Å². The summed E-state index contributed by atoms with van der Waals surface area (Å²) in [6, 6.07) is 0. The van der Waals surface area contributed by atoms with Crippen LogP contribution in [0.4, 0.5) is 5.82 Å². The Labute approximate surface area is 151 Å². The Morgan fingerprint density at radius 3 is 2.68 bits per heavy atom. The molecule has 0 bridgehead atoms. The highest BCUT2D eigenvalue weighted by Crippen LogP contribution is 2.32. The zero-order valence-corrected chi connectivity index (χ0v) is 14.9. The van der Waals surface area contributed by atoms with Gasteiger partial charge in [-0.2, -0.15) is 9.97 Å². The molecule has 2 aliphatic heterocycles. The van der Waals surface area contributed by atoms with E-state index >= 15 is 0 Å². The number of anilines is 1. The van der Waals surface area contributed by atoms with Crippen LogP contribution in [0, 0.1) is 0 Å². The van der Waals surface area contributed by atoms with Crippen LogP contribution in [-0.2, 0) is 15.9 Å². The van der Waals surface area contributed by atoms with Gasteiger partial charge in [-0.1, -0.05) is 0 Å². The topological polar surface area (TPSA) is 91.3 Å². The molecule has 9 heteroatoms. The van der Waals surface area contributed by atoms with E-state index in [-0.39, 0.29) is 11.5 Å². The lowest BCUT2D eigenvalue weighted by molar-refractivity contribution is -0.0313. The van der Waals surface area contributed by atoms with Crippen LogP contribution in [0.3, 0.4) is 0 Å². The van der Waals surface area contributed by atoms with Gasteiger partial charge in [-0.15, -0.1) is 0 Å². The quantitative estimate of drug-likeness (QED) is 0.820. The van der Waals surface area contributed by atoms with Gasteiger partial charge in [0.15, 0.2) is 17.0 Å². The summed E-state index contributed by atoms with van der Waals surface area (Å²) in [6.07, 6.45) is 3.75. The van der Waals surface area contributed by atoms with Gasteiger partial charge in [0.05, 0.1) is 13.2 Å². The maximum atomic E-state index is 6.25. The minimum atomic E-state index is -0.0659. The normalized spacial score (nSPS) is 21.8. The number of nitrogens with two attached hydrogens (primary N) is 1. The molecule has 0 aliphatic carbocycles. The second kappa shape index (κ2) is 7.41. The first-order chi connectivity index (χ1) is 12.3. The van der Waals surface area contributed by atoms with Crippen molar-refractivity contribution >= 4 is 28.6 Å². The third-order valence-electron chi connectivity index (χ3n) is 4.69. The number of rotatable bonds is 4. The van der Waals surface area contributed by atoms with Crippen molar-refractivity contribution in [2.45, 2.75) is 31.9 Å². The summed E-state index contributed by atoms with van der Waals surface area (Å²) in [6.45, 7) is 4.14.